The zero-order chi connectivity index (χ0) is 10.1. The Balaban J connectivity index is 3.74. The Morgan fingerprint density at radius 1 is 1.62 bits per heavy atom. The summed E-state index contributed by atoms with van der Waals surface area (Å²) < 4.78 is 4.61. The summed E-state index contributed by atoms with van der Waals surface area (Å²) in [7, 11) is 1.39. The number of rotatable bonds is 6. The van der Waals surface area contributed by atoms with Crippen molar-refractivity contribution in [3.05, 3.63) is 24.3 Å². The quantitative estimate of drug-likeness (QED) is 0.292. The molecule has 0 amide bonds. The smallest absolute Gasteiger partial charge is 0.333 e. The van der Waals surface area contributed by atoms with E-state index in [-0.39, 0.29) is 5.97 Å². The van der Waals surface area contributed by atoms with E-state index in [9.17, 15) is 4.79 Å². The fraction of sp³-hybridized carbons (Fsp3) is 0.500. The Kier molecular flexibility index (Phi) is 6.92. The van der Waals surface area contributed by atoms with Gasteiger partial charge in [-0.15, -0.1) is 6.58 Å². The molecule has 0 rings (SSSR count). The Bertz CT molecular complexity index is 197. The van der Waals surface area contributed by atoms with Gasteiger partial charge in [-0.1, -0.05) is 12.2 Å². The van der Waals surface area contributed by atoms with Gasteiger partial charge in [0.2, 0.25) is 0 Å². The molecular formula is C10H17NO2. The van der Waals surface area contributed by atoms with Gasteiger partial charge in [-0.25, -0.2) is 4.79 Å². The van der Waals surface area contributed by atoms with Crippen molar-refractivity contribution in [1.29, 1.82) is 0 Å². The van der Waals surface area contributed by atoms with Crippen LogP contribution in [0.25, 0.3) is 0 Å². The largest absolute Gasteiger partial charge is 0.466 e. The van der Waals surface area contributed by atoms with E-state index < -0.39 is 0 Å². The van der Waals surface area contributed by atoms with Gasteiger partial charge in [-0.05, 0) is 19.9 Å². The highest BCUT2D eigenvalue weighted by Crippen LogP contribution is 2.01. The molecule has 0 aromatic heterocycles. The van der Waals surface area contributed by atoms with Gasteiger partial charge in [0.15, 0.2) is 0 Å². The predicted octanol–water partition coefficient (Wildman–Crippen LogP) is 1.27. The van der Waals surface area contributed by atoms with Crippen molar-refractivity contribution in [3.63, 3.8) is 0 Å². The van der Waals surface area contributed by atoms with E-state index in [1.54, 1.807) is 12.2 Å². The summed E-state index contributed by atoms with van der Waals surface area (Å²) in [5, 5.41) is 3.11. The lowest BCUT2D eigenvalue weighted by atomic mass is 10.2. The molecule has 0 saturated heterocycles. The molecule has 0 radical (unpaired) electrons. The Morgan fingerprint density at radius 2 is 2.31 bits per heavy atom. The van der Waals surface area contributed by atoms with Gasteiger partial charge in [0.1, 0.15) is 0 Å². The molecule has 0 fully saturated rings. The topological polar surface area (TPSA) is 38.3 Å². The van der Waals surface area contributed by atoms with Crippen molar-refractivity contribution in [1.82, 2.24) is 5.32 Å². The Hall–Kier alpha value is -1.09. The molecule has 0 bridgehead atoms. The third-order valence-electron chi connectivity index (χ3n) is 1.66. The maximum absolute atomic E-state index is 11.1. The monoisotopic (exact) mass is 183 g/mol. The van der Waals surface area contributed by atoms with Crippen molar-refractivity contribution in [2.75, 3.05) is 20.2 Å². The number of methoxy groups -OCH3 is 1. The van der Waals surface area contributed by atoms with E-state index in [0.717, 1.165) is 13.1 Å². The number of carbonyl (C=O) groups excluding carboxylic acids is 1. The number of carbonyl (C=O) groups is 1. The van der Waals surface area contributed by atoms with Gasteiger partial charge in [0.25, 0.3) is 0 Å². The van der Waals surface area contributed by atoms with Crippen LogP contribution in [0.3, 0.4) is 0 Å². The molecule has 0 aromatic carbocycles. The first kappa shape index (κ1) is 11.9. The van der Waals surface area contributed by atoms with Crippen LogP contribution in [0.5, 0.6) is 0 Å². The van der Waals surface area contributed by atoms with Crippen LogP contribution in [-0.4, -0.2) is 26.2 Å². The molecule has 0 atom stereocenters. The van der Waals surface area contributed by atoms with Gasteiger partial charge in [-0.3, -0.25) is 0 Å². The van der Waals surface area contributed by atoms with Gasteiger partial charge < -0.3 is 10.1 Å². The molecule has 0 unspecified atom stereocenters. The molecule has 0 aliphatic rings. The molecule has 0 aliphatic carbocycles. The van der Waals surface area contributed by atoms with Crippen molar-refractivity contribution < 1.29 is 9.53 Å². The number of allylic oxidation sites excluding steroid dienone is 1. The second kappa shape index (κ2) is 7.55. The fourth-order valence-corrected chi connectivity index (χ4v) is 0.923. The fourth-order valence-electron chi connectivity index (χ4n) is 0.923. The van der Waals surface area contributed by atoms with E-state index in [4.69, 9.17) is 0 Å². The average Bonchev–Trinajstić information content (AvgIpc) is 2.17. The molecule has 0 heterocycles. The Labute approximate surface area is 79.5 Å². The van der Waals surface area contributed by atoms with Crippen LogP contribution in [0.1, 0.15) is 13.3 Å². The van der Waals surface area contributed by atoms with Crippen LogP contribution in [0.15, 0.2) is 24.3 Å². The lowest BCUT2D eigenvalue weighted by Gasteiger charge is -2.04. The minimum absolute atomic E-state index is 0.247. The third-order valence-corrected chi connectivity index (χ3v) is 1.66. The molecular weight excluding hydrogens is 166 g/mol. The second-order valence-electron chi connectivity index (χ2n) is 2.55. The second-order valence-corrected chi connectivity index (χ2v) is 2.55. The molecule has 0 aliphatic heterocycles. The van der Waals surface area contributed by atoms with E-state index in [1.165, 1.54) is 7.11 Å². The average molecular weight is 183 g/mol. The SMILES string of the molecule is C=CCNCCC(=CC)C(=O)OC. The van der Waals surface area contributed by atoms with Crippen LogP contribution in [0.4, 0.5) is 0 Å². The summed E-state index contributed by atoms with van der Waals surface area (Å²) in [6.07, 6.45) is 4.26. The first-order valence-electron chi connectivity index (χ1n) is 4.31. The molecule has 3 nitrogen and oxygen atoms in total. The van der Waals surface area contributed by atoms with Gasteiger partial charge in [-0.2, -0.15) is 0 Å². The summed E-state index contributed by atoms with van der Waals surface area (Å²) >= 11 is 0. The summed E-state index contributed by atoms with van der Waals surface area (Å²) in [5.41, 5.74) is 0.707. The van der Waals surface area contributed by atoms with Crippen LogP contribution in [0.2, 0.25) is 0 Å². The van der Waals surface area contributed by atoms with Crippen LogP contribution >= 0.6 is 0 Å². The van der Waals surface area contributed by atoms with Crippen molar-refractivity contribution in [2.24, 2.45) is 0 Å². The number of nitrogens with one attached hydrogen (secondary N) is 1. The molecule has 0 spiro atoms. The molecule has 13 heavy (non-hydrogen) atoms. The molecule has 0 saturated carbocycles. The highest BCUT2D eigenvalue weighted by atomic mass is 16.5. The number of hydrogen-bond acceptors (Lipinski definition) is 3. The number of esters is 1. The number of hydrogen-bond donors (Lipinski definition) is 1. The maximum atomic E-state index is 11.1. The number of ether oxygens (including phenoxy) is 1. The lowest BCUT2D eigenvalue weighted by molar-refractivity contribution is -0.136. The normalized spacial score (nSPS) is 11.1. The standard InChI is InChI=1S/C10H17NO2/c1-4-7-11-8-6-9(5-2)10(12)13-3/h4-5,11H,1,6-8H2,2-3H3. The van der Waals surface area contributed by atoms with E-state index in [2.05, 4.69) is 16.6 Å². The van der Waals surface area contributed by atoms with Crippen LogP contribution in [-0.2, 0) is 9.53 Å². The molecule has 1 N–H and O–H groups in total. The minimum Gasteiger partial charge on any atom is -0.466 e. The van der Waals surface area contributed by atoms with E-state index in [0.29, 0.717) is 12.0 Å². The van der Waals surface area contributed by atoms with Crippen molar-refractivity contribution in [2.45, 2.75) is 13.3 Å². The highest BCUT2D eigenvalue weighted by Gasteiger charge is 2.06. The molecule has 3 heteroatoms. The summed E-state index contributed by atoms with van der Waals surface area (Å²) in [6, 6.07) is 0. The summed E-state index contributed by atoms with van der Waals surface area (Å²) in [6.45, 7) is 6.94. The van der Waals surface area contributed by atoms with Crippen LogP contribution in [0, 0.1) is 0 Å². The minimum atomic E-state index is -0.247. The maximum Gasteiger partial charge on any atom is 0.333 e. The zero-order valence-corrected chi connectivity index (χ0v) is 8.30. The summed E-state index contributed by atoms with van der Waals surface area (Å²) in [5.74, 6) is -0.247. The van der Waals surface area contributed by atoms with Crippen molar-refractivity contribution >= 4 is 5.97 Å². The zero-order valence-electron chi connectivity index (χ0n) is 8.30. The van der Waals surface area contributed by atoms with Crippen molar-refractivity contribution in [3.8, 4) is 0 Å². The van der Waals surface area contributed by atoms with Crippen LogP contribution < -0.4 is 5.32 Å². The predicted molar refractivity (Wildman–Crippen MR) is 53.5 cm³/mol. The first-order chi connectivity index (χ1) is 6.26. The van der Waals surface area contributed by atoms with E-state index >= 15 is 0 Å². The highest BCUT2D eigenvalue weighted by molar-refractivity contribution is 5.88. The van der Waals surface area contributed by atoms with Gasteiger partial charge in [0.05, 0.1) is 7.11 Å². The Morgan fingerprint density at radius 3 is 2.77 bits per heavy atom. The van der Waals surface area contributed by atoms with E-state index in [1.807, 2.05) is 6.92 Å². The van der Waals surface area contributed by atoms with Gasteiger partial charge in [0, 0.05) is 12.1 Å². The third kappa shape index (κ3) is 5.20. The lowest BCUT2D eigenvalue weighted by Crippen LogP contribution is -2.17. The summed E-state index contributed by atoms with van der Waals surface area (Å²) in [4.78, 5) is 11.1. The van der Waals surface area contributed by atoms with Gasteiger partial charge >= 0.3 is 5.97 Å². The first-order valence-corrected chi connectivity index (χ1v) is 4.31. The molecule has 74 valence electrons. The molecule has 0 aromatic rings.